The molecule has 0 saturated carbocycles. The Morgan fingerprint density at radius 1 is 1.42 bits per heavy atom. The first-order valence-electron chi connectivity index (χ1n) is 8.81. The molecule has 138 valence electrons. The number of aromatic nitrogens is 3. The van der Waals surface area contributed by atoms with Crippen LogP contribution in [0.15, 0.2) is 24.3 Å². The highest BCUT2D eigenvalue weighted by Gasteiger charge is 2.19. The number of hydrogen-bond donors (Lipinski definition) is 2. The molecule has 0 aliphatic carbocycles. The van der Waals surface area contributed by atoms with E-state index in [1.807, 2.05) is 36.1 Å². The van der Waals surface area contributed by atoms with Gasteiger partial charge in [0, 0.05) is 31.6 Å². The van der Waals surface area contributed by atoms with Crippen molar-refractivity contribution in [2.75, 3.05) is 19.6 Å². The standard InChI is InChI=1S/C18H23N5O2S/c1-13-5-2-6-14(11-13)17-20-21-18(26)23(17)12-15(24)19-8-4-10-22-9-3-7-16(22)25/h2,5-6,11H,3-4,7-10,12H2,1H3,(H,19,24)(H,21,26). The normalized spacial score (nSPS) is 14.0. The average molecular weight is 373 g/mol. The number of hydrogen-bond acceptors (Lipinski definition) is 4. The summed E-state index contributed by atoms with van der Waals surface area (Å²) in [5, 5.41) is 9.91. The molecule has 8 heteroatoms. The molecule has 1 saturated heterocycles. The summed E-state index contributed by atoms with van der Waals surface area (Å²) in [6.07, 6.45) is 2.33. The van der Waals surface area contributed by atoms with Crippen LogP contribution < -0.4 is 5.32 Å². The van der Waals surface area contributed by atoms with Crippen LogP contribution >= 0.6 is 12.2 Å². The first kappa shape index (κ1) is 18.3. The Bertz CT molecular complexity index is 857. The molecule has 1 aliphatic rings. The van der Waals surface area contributed by atoms with Crippen molar-refractivity contribution in [3.63, 3.8) is 0 Å². The van der Waals surface area contributed by atoms with Crippen molar-refractivity contribution in [3.05, 3.63) is 34.6 Å². The summed E-state index contributed by atoms with van der Waals surface area (Å²) in [7, 11) is 0. The summed E-state index contributed by atoms with van der Waals surface area (Å²) in [5.74, 6) is 0.740. The maximum absolute atomic E-state index is 12.3. The molecular weight excluding hydrogens is 350 g/mol. The monoisotopic (exact) mass is 373 g/mol. The number of aryl methyl sites for hydroxylation is 1. The van der Waals surface area contributed by atoms with Gasteiger partial charge in [-0.3, -0.25) is 19.3 Å². The van der Waals surface area contributed by atoms with Crippen molar-refractivity contribution in [2.24, 2.45) is 0 Å². The molecule has 7 nitrogen and oxygen atoms in total. The van der Waals surface area contributed by atoms with Crippen LogP contribution in [0.5, 0.6) is 0 Å². The lowest BCUT2D eigenvalue weighted by atomic mass is 10.1. The number of carbonyl (C=O) groups excluding carboxylic acids is 2. The van der Waals surface area contributed by atoms with Gasteiger partial charge in [-0.2, -0.15) is 5.10 Å². The maximum Gasteiger partial charge on any atom is 0.240 e. The van der Waals surface area contributed by atoms with Crippen molar-refractivity contribution in [1.29, 1.82) is 0 Å². The minimum atomic E-state index is -0.121. The molecule has 1 aromatic heterocycles. The molecule has 3 rings (SSSR count). The zero-order valence-electron chi connectivity index (χ0n) is 14.8. The van der Waals surface area contributed by atoms with Gasteiger partial charge >= 0.3 is 0 Å². The van der Waals surface area contributed by atoms with Crippen LogP contribution in [0, 0.1) is 11.7 Å². The SMILES string of the molecule is Cc1cccc(-c2n[nH]c(=S)n2CC(=O)NCCCN2CCCC2=O)c1. The Morgan fingerprint density at radius 2 is 2.27 bits per heavy atom. The van der Waals surface area contributed by atoms with Crippen LogP contribution in [0.3, 0.4) is 0 Å². The van der Waals surface area contributed by atoms with Crippen LogP contribution in [0.2, 0.25) is 0 Å². The summed E-state index contributed by atoms with van der Waals surface area (Å²) < 4.78 is 2.11. The van der Waals surface area contributed by atoms with Crippen molar-refractivity contribution in [2.45, 2.75) is 32.7 Å². The third-order valence-electron chi connectivity index (χ3n) is 4.43. The molecule has 1 fully saturated rings. The topological polar surface area (TPSA) is 83.0 Å². The summed E-state index contributed by atoms with van der Waals surface area (Å²) in [6.45, 7) is 4.18. The molecule has 0 radical (unpaired) electrons. The van der Waals surface area contributed by atoms with Crippen LogP contribution in [0.25, 0.3) is 11.4 Å². The van der Waals surface area contributed by atoms with E-state index in [0.29, 0.717) is 30.1 Å². The first-order chi connectivity index (χ1) is 12.5. The lowest BCUT2D eigenvalue weighted by Crippen LogP contribution is -2.32. The molecule has 1 aliphatic heterocycles. The maximum atomic E-state index is 12.3. The number of rotatable bonds is 7. The quantitative estimate of drug-likeness (QED) is 0.575. The molecule has 2 aromatic rings. The van der Waals surface area contributed by atoms with Gasteiger partial charge in [-0.1, -0.05) is 23.8 Å². The van der Waals surface area contributed by atoms with Gasteiger partial charge in [0.25, 0.3) is 0 Å². The van der Waals surface area contributed by atoms with E-state index in [9.17, 15) is 9.59 Å². The molecule has 2 heterocycles. The zero-order chi connectivity index (χ0) is 18.5. The highest BCUT2D eigenvalue weighted by atomic mass is 32.1. The largest absolute Gasteiger partial charge is 0.354 e. The number of nitrogens with one attached hydrogen (secondary N) is 2. The molecule has 2 N–H and O–H groups in total. The van der Waals surface area contributed by atoms with Gasteiger partial charge in [-0.05, 0) is 38.0 Å². The van der Waals surface area contributed by atoms with Crippen molar-refractivity contribution in [3.8, 4) is 11.4 Å². The van der Waals surface area contributed by atoms with E-state index in [-0.39, 0.29) is 18.4 Å². The molecule has 0 spiro atoms. The predicted molar refractivity (Wildman–Crippen MR) is 101 cm³/mol. The molecular formula is C18H23N5O2S. The second-order valence-electron chi connectivity index (χ2n) is 6.50. The van der Waals surface area contributed by atoms with Gasteiger partial charge in [-0.25, -0.2) is 0 Å². The van der Waals surface area contributed by atoms with E-state index in [1.165, 1.54) is 0 Å². The van der Waals surface area contributed by atoms with Crippen molar-refractivity contribution >= 4 is 24.0 Å². The fraction of sp³-hybridized carbons (Fsp3) is 0.444. The van der Waals surface area contributed by atoms with Crippen LogP contribution in [0.1, 0.15) is 24.8 Å². The summed E-state index contributed by atoms with van der Waals surface area (Å²) in [6, 6.07) is 7.91. The molecule has 0 bridgehead atoms. The lowest BCUT2D eigenvalue weighted by Gasteiger charge is -2.15. The lowest BCUT2D eigenvalue weighted by molar-refractivity contribution is -0.127. The Balaban J connectivity index is 1.55. The number of likely N-dealkylation sites (tertiary alicyclic amines) is 1. The van der Waals surface area contributed by atoms with E-state index in [0.717, 1.165) is 30.5 Å². The number of amides is 2. The van der Waals surface area contributed by atoms with Crippen molar-refractivity contribution < 1.29 is 9.59 Å². The fourth-order valence-electron chi connectivity index (χ4n) is 3.11. The Hall–Kier alpha value is -2.48. The Kier molecular flexibility index (Phi) is 5.82. The Labute approximate surface area is 157 Å². The van der Waals surface area contributed by atoms with Gasteiger partial charge in [0.2, 0.25) is 11.8 Å². The number of benzene rings is 1. The molecule has 0 atom stereocenters. The van der Waals surface area contributed by atoms with Crippen LogP contribution in [-0.4, -0.2) is 51.1 Å². The van der Waals surface area contributed by atoms with Gasteiger partial charge in [0.1, 0.15) is 6.54 Å². The van der Waals surface area contributed by atoms with Gasteiger partial charge < -0.3 is 10.2 Å². The third-order valence-corrected chi connectivity index (χ3v) is 4.75. The van der Waals surface area contributed by atoms with Gasteiger partial charge in [-0.15, -0.1) is 0 Å². The van der Waals surface area contributed by atoms with Gasteiger partial charge in [0.15, 0.2) is 10.6 Å². The number of H-pyrrole nitrogens is 1. The second-order valence-corrected chi connectivity index (χ2v) is 6.88. The second kappa shape index (κ2) is 8.27. The predicted octanol–water partition coefficient (Wildman–Crippen LogP) is 2.04. The van der Waals surface area contributed by atoms with Crippen molar-refractivity contribution in [1.82, 2.24) is 25.0 Å². The summed E-state index contributed by atoms with van der Waals surface area (Å²) >= 11 is 5.27. The smallest absolute Gasteiger partial charge is 0.240 e. The molecule has 2 amide bonds. The Morgan fingerprint density at radius 3 is 3.00 bits per heavy atom. The van der Waals surface area contributed by atoms with Gasteiger partial charge in [0.05, 0.1) is 0 Å². The minimum Gasteiger partial charge on any atom is -0.354 e. The minimum absolute atomic E-state index is 0.112. The summed E-state index contributed by atoms with van der Waals surface area (Å²) in [4.78, 5) is 25.7. The number of aromatic amines is 1. The van der Waals surface area contributed by atoms with E-state index in [2.05, 4.69) is 15.5 Å². The van der Waals surface area contributed by atoms with E-state index in [4.69, 9.17) is 12.2 Å². The first-order valence-corrected chi connectivity index (χ1v) is 9.22. The summed E-state index contributed by atoms with van der Waals surface area (Å²) in [5.41, 5.74) is 2.03. The zero-order valence-corrected chi connectivity index (χ0v) is 15.6. The average Bonchev–Trinajstić information content (AvgIpc) is 3.18. The van der Waals surface area contributed by atoms with Crippen LogP contribution in [-0.2, 0) is 16.1 Å². The highest BCUT2D eigenvalue weighted by molar-refractivity contribution is 7.71. The number of nitrogens with zero attached hydrogens (tertiary/aromatic N) is 3. The number of carbonyl (C=O) groups is 2. The molecule has 26 heavy (non-hydrogen) atoms. The molecule has 1 aromatic carbocycles. The van der Waals surface area contributed by atoms with E-state index < -0.39 is 0 Å². The van der Waals surface area contributed by atoms with E-state index in [1.54, 1.807) is 4.57 Å². The molecule has 0 unspecified atom stereocenters. The highest BCUT2D eigenvalue weighted by Crippen LogP contribution is 2.18. The van der Waals surface area contributed by atoms with Crippen LogP contribution in [0.4, 0.5) is 0 Å². The fourth-order valence-corrected chi connectivity index (χ4v) is 3.30. The third kappa shape index (κ3) is 4.37. The van der Waals surface area contributed by atoms with E-state index >= 15 is 0 Å².